The van der Waals surface area contributed by atoms with Gasteiger partial charge in [0.25, 0.3) is 5.16 Å². The van der Waals surface area contributed by atoms with Gasteiger partial charge in [-0.05, 0) is 24.3 Å². The van der Waals surface area contributed by atoms with E-state index in [-0.39, 0.29) is 28.8 Å². The molecule has 3 rings (SSSR count). The third kappa shape index (κ3) is 3.93. The van der Waals surface area contributed by atoms with Crippen molar-refractivity contribution >= 4 is 21.3 Å². The van der Waals surface area contributed by atoms with Gasteiger partial charge in [-0.3, -0.25) is 0 Å². The van der Waals surface area contributed by atoms with Crippen molar-refractivity contribution in [1.29, 1.82) is 0 Å². The van der Waals surface area contributed by atoms with Crippen LogP contribution in [-0.4, -0.2) is 44.0 Å². The lowest BCUT2D eigenvalue weighted by Crippen LogP contribution is -2.38. The molecule has 7 nitrogen and oxygen atoms in total. The number of aromatic nitrogens is 2. The van der Waals surface area contributed by atoms with Crippen molar-refractivity contribution in [2.75, 3.05) is 24.8 Å². The Morgan fingerprint density at radius 1 is 1.26 bits per heavy atom. The minimum absolute atomic E-state index is 0.137. The molecule has 1 N–H and O–H groups in total. The number of rotatable bonds is 5. The molecule has 122 valence electrons. The van der Waals surface area contributed by atoms with Gasteiger partial charge < -0.3 is 14.8 Å². The summed E-state index contributed by atoms with van der Waals surface area (Å²) in [4.78, 5) is 7.86. The number of halogens is 1. The second-order valence-corrected chi connectivity index (χ2v) is 6.96. The van der Waals surface area contributed by atoms with Crippen LogP contribution in [0.2, 0.25) is 0 Å². The maximum Gasteiger partial charge on any atom is 0.252 e. The monoisotopic (exact) mass is 339 g/mol. The molecule has 9 heteroatoms. The molecule has 0 radical (unpaired) electrons. The zero-order chi connectivity index (χ0) is 16.4. The van der Waals surface area contributed by atoms with Crippen LogP contribution in [-0.2, 0) is 14.6 Å². The summed E-state index contributed by atoms with van der Waals surface area (Å²) < 4.78 is 46.9. The van der Waals surface area contributed by atoms with Crippen molar-refractivity contribution in [2.45, 2.75) is 11.3 Å². The Balaban J connectivity index is 1.90. The number of anilines is 2. The highest BCUT2D eigenvalue weighted by Crippen LogP contribution is 2.22. The van der Waals surface area contributed by atoms with E-state index in [0.717, 1.165) is 6.26 Å². The molecule has 0 saturated carbocycles. The van der Waals surface area contributed by atoms with Gasteiger partial charge in [0.05, 0.1) is 13.2 Å². The first-order chi connectivity index (χ1) is 10.9. The van der Waals surface area contributed by atoms with Crippen LogP contribution in [0.25, 0.3) is 0 Å². The normalized spacial score (nSPS) is 15.0. The van der Waals surface area contributed by atoms with E-state index in [1.807, 2.05) is 0 Å². The molecule has 0 atom stereocenters. The SMILES string of the molecule is CS(=O)(=O)c1nc(Nc2ccc(F)cc2)cc(OC2COC2)n1. The molecule has 1 aliphatic rings. The van der Waals surface area contributed by atoms with Gasteiger partial charge in [0.2, 0.25) is 15.7 Å². The van der Waals surface area contributed by atoms with Crippen molar-refractivity contribution in [3.63, 3.8) is 0 Å². The first-order valence-corrected chi connectivity index (χ1v) is 8.65. The van der Waals surface area contributed by atoms with Crippen molar-refractivity contribution in [3.8, 4) is 5.88 Å². The molecule has 0 aliphatic carbocycles. The number of ether oxygens (including phenoxy) is 2. The van der Waals surface area contributed by atoms with E-state index < -0.39 is 9.84 Å². The topological polar surface area (TPSA) is 90.4 Å². The standard InChI is InChI=1S/C14H14FN3O4S/c1-23(19,20)14-17-12(16-10-4-2-9(15)3-5-10)6-13(18-14)22-11-7-21-8-11/h2-6,11H,7-8H2,1H3,(H,16,17,18). The molecule has 1 saturated heterocycles. The second-order valence-electron chi connectivity index (χ2n) is 5.06. The van der Waals surface area contributed by atoms with Crippen LogP contribution in [0.3, 0.4) is 0 Å². The van der Waals surface area contributed by atoms with E-state index in [9.17, 15) is 12.8 Å². The first kappa shape index (κ1) is 15.6. The minimum Gasteiger partial charge on any atom is -0.469 e. The molecule has 1 aromatic heterocycles. The van der Waals surface area contributed by atoms with Crippen LogP contribution in [0.5, 0.6) is 5.88 Å². The van der Waals surface area contributed by atoms with Gasteiger partial charge >= 0.3 is 0 Å². The Morgan fingerprint density at radius 2 is 1.96 bits per heavy atom. The number of sulfone groups is 1. The van der Waals surface area contributed by atoms with Crippen LogP contribution in [0.1, 0.15) is 0 Å². The molecule has 2 aromatic rings. The molecule has 2 heterocycles. The van der Waals surface area contributed by atoms with Crippen molar-refractivity contribution < 1.29 is 22.3 Å². The van der Waals surface area contributed by atoms with Crippen LogP contribution in [0.15, 0.2) is 35.5 Å². The van der Waals surface area contributed by atoms with Crippen molar-refractivity contribution in [2.24, 2.45) is 0 Å². The van der Waals surface area contributed by atoms with Gasteiger partial charge in [-0.2, -0.15) is 4.98 Å². The summed E-state index contributed by atoms with van der Waals surface area (Å²) in [6, 6.07) is 7.07. The van der Waals surface area contributed by atoms with E-state index in [2.05, 4.69) is 15.3 Å². The molecular formula is C14H14FN3O4S. The molecule has 1 aromatic carbocycles. The maximum atomic E-state index is 12.9. The maximum absolute atomic E-state index is 12.9. The van der Waals surface area contributed by atoms with Crippen molar-refractivity contribution in [3.05, 3.63) is 36.1 Å². The molecule has 23 heavy (non-hydrogen) atoms. The zero-order valence-corrected chi connectivity index (χ0v) is 13.0. The Hall–Kier alpha value is -2.26. The van der Waals surface area contributed by atoms with Gasteiger partial charge in [-0.15, -0.1) is 0 Å². The minimum atomic E-state index is -3.60. The summed E-state index contributed by atoms with van der Waals surface area (Å²) in [7, 11) is -3.60. The molecule has 0 amide bonds. The fourth-order valence-corrected chi connectivity index (χ4v) is 2.35. The molecule has 0 spiro atoms. The Morgan fingerprint density at radius 3 is 2.52 bits per heavy atom. The van der Waals surface area contributed by atoms with Gasteiger partial charge in [0.1, 0.15) is 17.7 Å². The van der Waals surface area contributed by atoms with Crippen LogP contribution < -0.4 is 10.1 Å². The number of hydrogen-bond acceptors (Lipinski definition) is 7. The van der Waals surface area contributed by atoms with Gasteiger partial charge in [0, 0.05) is 18.0 Å². The Bertz CT molecular complexity index is 807. The summed E-state index contributed by atoms with van der Waals surface area (Å²) in [6.45, 7) is 0.859. The fourth-order valence-electron chi connectivity index (χ4n) is 1.83. The van der Waals surface area contributed by atoms with E-state index in [0.29, 0.717) is 18.9 Å². The van der Waals surface area contributed by atoms with Crippen molar-refractivity contribution in [1.82, 2.24) is 9.97 Å². The summed E-state index contributed by atoms with van der Waals surface area (Å²) in [5.74, 6) is 0.00433. The first-order valence-electron chi connectivity index (χ1n) is 6.76. The lowest BCUT2D eigenvalue weighted by molar-refractivity contribution is -0.0815. The number of nitrogens with one attached hydrogen (secondary N) is 1. The van der Waals surface area contributed by atoms with E-state index >= 15 is 0 Å². The highest BCUT2D eigenvalue weighted by molar-refractivity contribution is 7.90. The van der Waals surface area contributed by atoms with E-state index in [1.54, 1.807) is 0 Å². The predicted molar refractivity (Wildman–Crippen MR) is 80.1 cm³/mol. The zero-order valence-electron chi connectivity index (χ0n) is 12.2. The second kappa shape index (κ2) is 6.09. The summed E-state index contributed by atoms with van der Waals surface area (Å²) in [6.07, 6.45) is 0.858. The molecule has 0 bridgehead atoms. The van der Waals surface area contributed by atoms with E-state index in [1.165, 1.54) is 30.3 Å². The Kier molecular flexibility index (Phi) is 4.14. The van der Waals surface area contributed by atoms with Gasteiger partial charge in [0.15, 0.2) is 0 Å². The number of hydrogen-bond donors (Lipinski definition) is 1. The molecule has 1 aliphatic heterocycles. The van der Waals surface area contributed by atoms with Gasteiger partial charge in [-0.25, -0.2) is 17.8 Å². The summed E-state index contributed by atoms with van der Waals surface area (Å²) in [5.41, 5.74) is 0.558. The summed E-state index contributed by atoms with van der Waals surface area (Å²) in [5, 5.41) is 2.55. The van der Waals surface area contributed by atoms with Gasteiger partial charge in [-0.1, -0.05) is 0 Å². The fraction of sp³-hybridized carbons (Fsp3) is 0.286. The quantitative estimate of drug-likeness (QED) is 0.826. The molecular weight excluding hydrogens is 325 g/mol. The lowest BCUT2D eigenvalue weighted by atomic mass is 10.3. The summed E-state index contributed by atoms with van der Waals surface area (Å²) >= 11 is 0. The average molecular weight is 339 g/mol. The molecule has 0 unspecified atom stereocenters. The third-order valence-corrected chi connectivity index (χ3v) is 3.87. The largest absolute Gasteiger partial charge is 0.469 e. The Labute approximate surface area is 132 Å². The van der Waals surface area contributed by atoms with Crippen LogP contribution >= 0.6 is 0 Å². The smallest absolute Gasteiger partial charge is 0.252 e. The number of benzene rings is 1. The lowest BCUT2D eigenvalue weighted by Gasteiger charge is -2.26. The molecule has 1 fully saturated rings. The van der Waals surface area contributed by atoms with E-state index in [4.69, 9.17) is 9.47 Å². The predicted octanol–water partition coefficient (Wildman–Crippen LogP) is 1.54. The average Bonchev–Trinajstić information content (AvgIpc) is 2.44. The highest BCUT2D eigenvalue weighted by atomic mass is 32.2. The van der Waals surface area contributed by atoms with Crippen LogP contribution in [0, 0.1) is 5.82 Å². The van der Waals surface area contributed by atoms with Crippen LogP contribution in [0.4, 0.5) is 15.9 Å². The third-order valence-electron chi connectivity index (χ3n) is 3.03. The highest BCUT2D eigenvalue weighted by Gasteiger charge is 2.22. The number of nitrogens with zero attached hydrogens (tertiary/aromatic N) is 2.